The predicted octanol–water partition coefficient (Wildman–Crippen LogP) is 4.65. The zero-order valence-electron chi connectivity index (χ0n) is 15.7. The summed E-state index contributed by atoms with van der Waals surface area (Å²) < 4.78 is 5.35. The summed E-state index contributed by atoms with van der Waals surface area (Å²) in [5.41, 5.74) is 2.37. The monoisotopic (exact) mass is 385 g/mol. The summed E-state index contributed by atoms with van der Waals surface area (Å²) in [5, 5.41) is 0.535. The number of Topliss-reactive ketones (excluding diaryl/α,β-unsaturated/α-hetero) is 2. The molecular formula is C22H24ClNO3. The molecule has 2 aromatic carbocycles. The van der Waals surface area contributed by atoms with Crippen molar-refractivity contribution in [2.24, 2.45) is 5.92 Å². The highest BCUT2D eigenvalue weighted by Crippen LogP contribution is 2.29. The van der Waals surface area contributed by atoms with E-state index in [1.165, 1.54) is 0 Å². The molecule has 1 aliphatic rings. The minimum Gasteiger partial charge on any atom is -0.496 e. The Balaban J connectivity index is 1.73. The lowest BCUT2D eigenvalue weighted by molar-refractivity contribution is 0.0808. The minimum atomic E-state index is -0.0814. The molecule has 0 aliphatic carbocycles. The first-order chi connectivity index (χ1) is 13.0. The van der Waals surface area contributed by atoms with Gasteiger partial charge in [-0.1, -0.05) is 29.8 Å². The number of benzene rings is 2. The van der Waals surface area contributed by atoms with Gasteiger partial charge in [-0.15, -0.1) is 0 Å². The first kappa shape index (κ1) is 19.6. The molecule has 0 spiro atoms. The van der Waals surface area contributed by atoms with Crippen molar-refractivity contribution in [3.63, 3.8) is 0 Å². The van der Waals surface area contributed by atoms with Crippen LogP contribution in [0.15, 0.2) is 42.5 Å². The Morgan fingerprint density at radius 2 is 2.04 bits per heavy atom. The van der Waals surface area contributed by atoms with Crippen molar-refractivity contribution in [2.45, 2.75) is 26.3 Å². The first-order valence-electron chi connectivity index (χ1n) is 9.18. The number of halogens is 1. The number of carbonyl (C=O) groups excluding carboxylic acids is 2. The topological polar surface area (TPSA) is 46.6 Å². The van der Waals surface area contributed by atoms with Crippen molar-refractivity contribution in [3.05, 3.63) is 64.2 Å². The van der Waals surface area contributed by atoms with E-state index in [4.69, 9.17) is 16.3 Å². The molecule has 142 valence electrons. The lowest BCUT2D eigenvalue weighted by atomic mass is 9.89. The molecule has 1 saturated heterocycles. The maximum absolute atomic E-state index is 13.1. The molecule has 0 radical (unpaired) electrons. The van der Waals surface area contributed by atoms with Gasteiger partial charge in [-0.05, 0) is 56.1 Å². The van der Waals surface area contributed by atoms with E-state index >= 15 is 0 Å². The Hall–Kier alpha value is -2.17. The third kappa shape index (κ3) is 4.76. The van der Waals surface area contributed by atoms with E-state index in [1.54, 1.807) is 32.2 Å². The van der Waals surface area contributed by atoms with Gasteiger partial charge < -0.3 is 4.74 Å². The summed E-state index contributed by atoms with van der Waals surface area (Å²) in [6.45, 7) is 3.95. The van der Waals surface area contributed by atoms with Crippen LogP contribution in [0, 0.1) is 5.92 Å². The largest absolute Gasteiger partial charge is 0.496 e. The number of hydrogen-bond donors (Lipinski definition) is 0. The Morgan fingerprint density at radius 3 is 2.78 bits per heavy atom. The van der Waals surface area contributed by atoms with Crippen LogP contribution in [0.25, 0.3) is 0 Å². The van der Waals surface area contributed by atoms with Crippen LogP contribution in [0.2, 0.25) is 5.02 Å². The van der Waals surface area contributed by atoms with Crippen LogP contribution in [-0.4, -0.2) is 36.7 Å². The summed E-state index contributed by atoms with van der Waals surface area (Å²) in [5.74, 6) is 0.630. The molecule has 0 bridgehead atoms. The average molecular weight is 386 g/mol. The van der Waals surface area contributed by atoms with Crippen LogP contribution in [-0.2, 0) is 6.54 Å². The van der Waals surface area contributed by atoms with Crippen LogP contribution >= 0.6 is 11.6 Å². The molecule has 0 N–H and O–H groups in total. The number of ether oxygens (including phenoxy) is 1. The second-order valence-electron chi connectivity index (χ2n) is 7.04. The van der Waals surface area contributed by atoms with Crippen molar-refractivity contribution < 1.29 is 14.3 Å². The standard InChI is InChI=1S/C22H24ClNO3/c1-15(25)17-6-3-5-16(11-17)13-24-10-4-7-18(14-24)22(26)20-12-19(23)8-9-21(20)27-2/h3,5-6,8-9,11-12,18H,4,7,10,13-14H2,1-2H3/t18-/m1/s1. The highest BCUT2D eigenvalue weighted by molar-refractivity contribution is 6.31. The second kappa shape index (κ2) is 8.68. The van der Waals surface area contributed by atoms with E-state index in [1.807, 2.05) is 24.3 Å². The number of rotatable bonds is 6. The summed E-state index contributed by atoms with van der Waals surface area (Å²) >= 11 is 6.09. The predicted molar refractivity (Wildman–Crippen MR) is 107 cm³/mol. The van der Waals surface area contributed by atoms with Crippen LogP contribution in [0.5, 0.6) is 5.75 Å². The smallest absolute Gasteiger partial charge is 0.170 e. The number of hydrogen-bond acceptors (Lipinski definition) is 4. The molecule has 3 rings (SSSR count). The van der Waals surface area contributed by atoms with Crippen molar-refractivity contribution in [1.29, 1.82) is 0 Å². The highest BCUT2D eigenvalue weighted by atomic mass is 35.5. The van der Waals surface area contributed by atoms with E-state index in [-0.39, 0.29) is 17.5 Å². The molecule has 2 aromatic rings. The average Bonchev–Trinajstić information content (AvgIpc) is 2.67. The molecule has 1 heterocycles. The number of piperidine rings is 1. The number of carbonyl (C=O) groups is 2. The maximum atomic E-state index is 13.1. The van der Waals surface area contributed by atoms with Gasteiger partial charge in [0.1, 0.15) is 5.75 Å². The minimum absolute atomic E-state index is 0.0663. The van der Waals surface area contributed by atoms with E-state index in [2.05, 4.69) is 4.90 Å². The Labute approximate surface area is 165 Å². The number of likely N-dealkylation sites (tertiary alicyclic amines) is 1. The summed E-state index contributed by atoms with van der Waals surface area (Å²) in [7, 11) is 1.56. The molecule has 0 saturated carbocycles. The SMILES string of the molecule is COc1ccc(Cl)cc1C(=O)[C@@H]1CCCN(Cc2cccc(C(C)=O)c2)C1. The van der Waals surface area contributed by atoms with Gasteiger partial charge in [0.25, 0.3) is 0 Å². The van der Waals surface area contributed by atoms with Gasteiger partial charge in [-0.2, -0.15) is 0 Å². The van der Waals surface area contributed by atoms with Gasteiger partial charge in [0.15, 0.2) is 11.6 Å². The fourth-order valence-electron chi connectivity index (χ4n) is 3.65. The van der Waals surface area contributed by atoms with Gasteiger partial charge in [-0.3, -0.25) is 14.5 Å². The molecule has 1 aliphatic heterocycles. The lowest BCUT2D eigenvalue weighted by Crippen LogP contribution is -2.38. The van der Waals surface area contributed by atoms with Crippen molar-refractivity contribution in [2.75, 3.05) is 20.2 Å². The molecule has 5 heteroatoms. The van der Waals surface area contributed by atoms with Gasteiger partial charge in [0, 0.05) is 29.6 Å². The van der Waals surface area contributed by atoms with Crippen LogP contribution in [0.4, 0.5) is 0 Å². The normalized spacial score (nSPS) is 17.5. The van der Waals surface area contributed by atoms with Crippen molar-refractivity contribution in [1.82, 2.24) is 4.90 Å². The molecule has 0 unspecified atom stereocenters. The highest BCUT2D eigenvalue weighted by Gasteiger charge is 2.28. The number of methoxy groups -OCH3 is 1. The lowest BCUT2D eigenvalue weighted by Gasteiger charge is -2.32. The van der Waals surface area contributed by atoms with Crippen molar-refractivity contribution in [3.8, 4) is 5.75 Å². The summed E-state index contributed by atoms with van der Waals surface area (Å²) in [6.07, 6.45) is 1.82. The number of nitrogens with zero attached hydrogens (tertiary/aromatic N) is 1. The Bertz CT molecular complexity index is 849. The quantitative estimate of drug-likeness (QED) is 0.679. The number of ketones is 2. The van der Waals surface area contributed by atoms with E-state index < -0.39 is 0 Å². The molecule has 1 atom stereocenters. The second-order valence-corrected chi connectivity index (χ2v) is 7.48. The third-order valence-electron chi connectivity index (χ3n) is 5.04. The summed E-state index contributed by atoms with van der Waals surface area (Å²) in [4.78, 5) is 26.9. The fraction of sp³-hybridized carbons (Fsp3) is 0.364. The fourth-order valence-corrected chi connectivity index (χ4v) is 3.82. The van der Waals surface area contributed by atoms with E-state index in [0.717, 1.165) is 37.1 Å². The molecular weight excluding hydrogens is 362 g/mol. The molecule has 27 heavy (non-hydrogen) atoms. The van der Waals surface area contributed by atoms with Crippen LogP contribution in [0.1, 0.15) is 46.0 Å². The van der Waals surface area contributed by atoms with Crippen LogP contribution < -0.4 is 4.74 Å². The van der Waals surface area contributed by atoms with E-state index in [9.17, 15) is 9.59 Å². The molecule has 0 aromatic heterocycles. The molecule has 0 amide bonds. The van der Waals surface area contributed by atoms with Gasteiger partial charge >= 0.3 is 0 Å². The zero-order chi connectivity index (χ0) is 19.4. The Morgan fingerprint density at radius 1 is 1.22 bits per heavy atom. The maximum Gasteiger partial charge on any atom is 0.170 e. The van der Waals surface area contributed by atoms with Crippen molar-refractivity contribution >= 4 is 23.2 Å². The zero-order valence-corrected chi connectivity index (χ0v) is 16.5. The molecule has 1 fully saturated rings. The van der Waals surface area contributed by atoms with Gasteiger partial charge in [-0.25, -0.2) is 0 Å². The first-order valence-corrected chi connectivity index (χ1v) is 9.55. The Kier molecular flexibility index (Phi) is 6.30. The van der Waals surface area contributed by atoms with E-state index in [0.29, 0.717) is 22.9 Å². The molecule has 4 nitrogen and oxygen atoms in total. The summed E-state index contributed by atoms with van der Waals surface area (Å²) in [6, 6.07) is 12.9. The third-order valence-corrected chi connectivity index (χ3v) is 5.28. The van der Waals surface area contributed by atoms with Crippen LogP contribution in [0.3, 0.4) is 0 Å². The van der Waals surface area contributed by atoms with Gasteiger partial charge in [0.2, 0.25) is 0 Å². The van der Waals surface area contributed by atoms with Gasteiger partial charge in [0.05, 0.1) is 12.7 Å².